The van der Waals surface area contributed by atoms with E-state index in [4.69, 9.17) is 14.5 Å². The average Bonchev–Trinajstić information content (AvgIpc) is 3.46. The molecule has 0 bridgehead atoms. The maximum atomic E-state index is 5.60. The fourth-order valence-electron chi connectivity index (χ4n) is 3.63. The van der Waals surface area contributed by atoms with Crippen molar-refractivity contribution in [2.45, 2.75) is 12.5 Å². The summed E-state index contributed by atoms with van der Waals surface area (Å²) in [5, 5.41) is 11.9. The number of hydrogen-bond acceptors (Lipinski definition) is 8. The lowest BCUT2D eigenvalue weighted by Gasteiger charge is -2.14. The fourth-order valence-corrected chi connectivity index (χ4v) is 3.63. The lowest BCUT2D eigenvalue weighted by molar-refractivity contribution is 0.195. The number of pyridine rings is 1. The predicted molar refractivity (Wildman–Crippen MR) is 119 cm³/mol. The summed E-state index contributed by atoms with van der Waals surface area (Å²) in [6.07, 6.45) is 8.29. The standard InChI is InChI=1S/C22H23N7O2/c1-29-12-16(11-25-29)14-3-4-18(19(9-14)30-2)27-22-24-10-15-5-7-23-21(20(15)28-22)26-17-6-8-31-13-17/h3-5,7,9-12,17H,6,8,13H2,1-2H3,(H,23,26)(H,24,27,28). The molecule has 0 aliphatic carbocycles. The number of fused-ring (bicyclic) bond motifs is 1. The van der Waals surface area contributed by atoms with Crippen molar-refractivity contribution in [3.05, 3.63) is 49.1 Å². The maximum absolute atomic E-state index is 5.60. The van der Waals surface area contributed by atoms with Crippen molar-refractivity contribution in [3.63, 3.8) is 0 Å². The third-order valence-corrected chi connectivity index (χ3v) is 5.26. The molecule has 9 nitrogen and oxygen atoms in total. The summed E-state index contributed by atoms with van der Waals surface area (Å²) in [6, 6.07) is 8.07. The highest BCUT2D eigenvalue weighted by atomic mass is 16.5. The number of hydrogen-bond donors (Lipinski definition) is 2. The molecule has 1 saturated heterocycles. The Bertz CT molecular complexity index is 1220. The van der Waals surface area contributed by atoms with E-state index in [0.717, 1.165) is 46.6 Å². The van der Waals surface area contributed by atoms with E-state index in [-0.39, 0.29) is 6.04 Å². The van der Waals surface area contributed by atoms with Crippen LogP contribution in [0.1, 0.15) is 6.42 Å². The zero-order chi connectivity index (χ0) is 21.2. The molecule has 1 unspecified atom stereocenters. The van der Waals surface area contributed by atoms with Gasteiger partial charge in [0.15, 0.2) is 5.82 Å². The van der Waals surface area contributed by atoms with E-state index in [1.54, 1.807) is 24.2 Å². The Balaban J connectivity index is 1.44. The second-order valence-electron chi connectivity index (χ2n) is 7.44. The van der Waals surface area contributed by atoms with Gasteiger partial charge in [0.1, 0.15) is 11.3 Å². The Hall–Kier alpha value is -3.72. The van der Waals surface area contributed by atoms with Gasteiger partial charge >= 0.3 is 0 Å². The molecule has 1 atom stereocenters. The van der Waals surface area contributed by atoms with Crippen LogP contribution in [0.25, 0.3) is 22.0 Å². The molecule has 9 heteroatoms. The molecule has 2 N–H and O–H groups in total. The van der Waals surface area contributed by atoms with E-state index in [0.29, 0.717) is 18.3 Å². The predicted octanol–water partition coefficient (Wildman–Crippen LogP) is 3.38. The van der Waals surface area contributed by atoms with E-state index in [2.05, 4.69) is 25.7 Å². The number of ether oxygens (including phenoxy) is 2. The smallest absolute Gasteiger partial charge is 0.227 e. The van der Waals surface area contributed by atoms with Crippen LogP contribution < -0.4 is 15.4 Å². The van der Waals surface area contributed by atoms with Crippen molar-refractivity contribution in [2.75, 3.05) is 31.0 Å². The third kappa shape index (κ3) is 3.99. The van der Waals surface area contributed by atoms with Crippen molar-refractivity contribution in [1.82, 2.24) is 24.7 Å². The number of benzene rings is 1. The fraction of sp³-hybridized carbons (Fsp3) is 0.273. The van der Waals surface area contributed by atoms with Gasteiger partial charge in [-0.25, -0.2) is 15.0 Å². The van der Waals surface area contributed by atoms with Crippen LogP contribution in [0.3, 0.4) is 0 Å². The van der Waals surface area contributed by atoms with Gasteiger partial charge in [-0.1, -0.05) is 6.07 Å². The molecule has 1 aliphatic rings. The van der Waals surface area contributed by atoms with Crippen LogP contribution in [-0.4, -0.2) is 51.1 Å². The Morgan fingerprint density at radius 3 is 2.87 bits per heavy atom. The van der Waals surface area contributed by atoms with Crippen molar-refractivity contribution < 1.29 is 9.47 Å². The third-order valence-electron chi connectivity index (χ3n) is 5.26. The van der Waals surface area contributed by atoms with Crippen LogP contribution in [0.5, 0.6) is 5.75 Å². The maximum Gasteiger partial charge on any atom is 0.227 e. The van der Waals surface area contributed by atoms with E-state index >= 15 is 0 Å². The normalized spacial score (nSPS) is 15.9. The van der Waals surface area contributed by atoms with Crippen LogP contribution >= 0.6 is 0 Å². The Morgan fingerprint density at radius 2 is 2.10 bits per heavy atom. The van der Waals surface area contributed by atoms with E-state index in [1.165, 1.54) is 0 Å². The summed E-state index contributed by atoms with van der Waals surface area (Å²) < 4.78 is 12.8. The minimum Gasteiger partial charge on any atom is -0.495 e. The molecule has 4 heterocycles. The number of nitrogens with zero attached hydrogens (tertiary/aromatic N) is 5. The summed E-state index contributed by atoms with van der Waals surface area (Å²) in [5.74, 6) is 1.90. The molecule has 1 fully saturated rings. The quantitative estimate of drug-likeness (QED) is 0.493. The van der Waals surface area contributed by atoms with Crippen molar-refractivity contribution >= 4 is 28.4 Å². The molecule has 0 spiro atoms. The van der Waals surface area contributed by atoms with Gasteiger partial charge in [0.2, 0.25) is 5.95 Å². The Morgan fingerprint density at radius 1 is 1.16 bits per heavy atom. The van der Waals surface area contributed by atoms with Crippen LogP contribution in [0.4, 0.5) is 17.5 Å². The molecule has 31 heavy (non-hydrogen) atoms. The summed E-state index contributed by atoms with van der Waals surface area (Å²) in [5.41, 5.74) is 3.58. The molecule has 5 rings (SSSR count). The van der Waals surface area contributed by atoms with Gasteiger partial charge in [-0.2, -0.15) is 5.10 Å². The molecule has 0 saturated carbocycles. The van der Waals surface area contributed by atoms with Gasteiger partial charge in [-0.3, -0.25) is 4.68 Å². The highest BCUT2D eigenvalue weighted by Gasteiger charge is 2.18. The number of methoxy groups -OCH3 is 1. The molecule has 3 aromatic heterocycles. The number of anilines is 3. The summed E-state index contributed by atoms with van der Waals surface area (Å²) >= 11 is 0. The first-order valence-corrected chi connectivity index (χ1v) is 10.1. The SMILES string of the molecule is COc1cc(-c2cnn(C)c2)ccc1Nc1ncc2ccnc(NC3CCOC3)c2n1. The van der Waals surface area contributed by atoms with Crippen molar-refractivity contribution in [3.8, 4) is 16.9 Å². The molecule has 4 aromatic rings. The van der Waals surface area contributed by atoms with Gasteiger partial charge < -0.3 is 20.1 Å². The minimum absolute atomic E-state index is 0.240. The molecule has 1 aliphatic heterocycles. The van der Waals surface area contributed by atoms with Crippen molar-refractivity contribution in [2.24, 2.45) is 7.05 Å². The number of nitrogens with one attached hydrogen (secondary N) is 2. The highest BCUT2D eigenvalue weighted by Crippen LogP contribution is 2.32. The van der Waals surface area contributed by atoms with E-state index < -0.39 is 0 Å². The summed E-state index contributed by atoms with van der Waals surface area (Å²) in [6.45, 7) is 1.44. The summed E-state index contributed by atoms with van der Waals surface area (Å²) in [4.78, 5) is 13.7. The number of rotatable bonds is 6. The van der Waals surface area contributed by atoms with Crippen LogP contribution in [-0.2, 0) is 11.8 Å². The van der Waals surface area contributed by atoms with E-state index in [9.17, 15) is 0 Å². The first-order chi connectivity index (χ1) is 15.2. The Labute approximate surface area is 179 Å². The molecular formula is C22H23N7O2. The summed E-state index contributed by atoms with van der Waals surface area (Å²) in [7, 11) is 3.54. The largest absolute Gasteiger partial charge is 0.495 e. The van der Waals surface area contributed by atoms with Crippen LogP contribution in [0, 0.1) is 0 Å². The van der Waals surface area contributed by atoms with Gasteiger partial charge in [0.05, 0.1) is 31.6 Å². The van der Waals surface area contributed by atoms with Crippen molar-refractivity contribution in [1.29, 1.82) is 0 Å². The van der Waals surface area contributed by atoms with Gasteiger partial charge in [0, 0.05) is 43.2 Å². The second-order valence-corrected chi connectivity index (χ2v) is 7.44. The lowest BCUT2D eigenvalue weighted by Crippen LogP contribution is -2.20. The second kappa shape index (κ2) is 8.19. The van der Waals surface area contributed by atoms with Gasteiger partial charge in [-0.05, 0) is 30.2 Å². The average molecular weight is 417 g/mol. The first-order valence-electron chi connectivity index (χ1n) is 10.1. The van der Waals surface area contributed by atoms with Crippen LogP contribution in [0.2, 0.25) is 0 Å². The Kier molecular flexibility index (Phi) is 5.09. The van der Waals surface area contributed by atoms with Gasteiger partial charge in [-0.15, -0.1) is 0 Å². The topological polar surface area (TPSA) is 99.0 Å². The molecular weight excluding hydrogens is 394 g/mol. The molecule has 0 radical (unpaired) electrons. The van der Waals surface area contributed by atoms with Crippen LogP contribution in [0.15, 0.2) is 49.1 Å². The number of aromatic nitrogens is 5. The first kappa shape index (κ1) is 19.3. The highest BCUT2D eigenvalue weighted by molar-refractivity contribution is 5.88. The lowest BCUT2D eigenvalue weighted by atomic mass is 10.1. The zero-order valence-corrected chi connectivity index (χ0v) is 17.4. The zero-order valence-electron chi connectivity index (χ0n) is 17.4. The van der Waals surface area contributed by atoms with E-state index in [1.807, 2.05) is 43.7 Å². The minimum atomic E-state index is 0.240. The molecule has 1 aromatic carbocycles. The number of aryl methyl sites for hydroxylation is 1. The molecule has 0 amide bonds. The molecule has 158 valence electrons. The monoisotopic (exact) mass is 417 g/mol. The van der Waals surface area contributed by atoms with Gasteiger partial charge in [0.25, 0.3) is 0 Å².